The zero-order chi connectivity index (χ0) is 12.1. The van der Waals surface area contributed by atoms with Crippen molar-refractivity contribution in [1.82, 2.24) is 0 Å². The molecule has 0 saturated heterocycles. The predicted molar refractivity (Wildman–Crippen MR) is 67.6 cm³/mol. The monoisotopic (exact) mass is 231 g/mol. The summed E-state index contributed by atoms with van der Waals surface area (Å²) in [4.78, 5) is 0. The molecule has 2 N–H and O–H groups in total. The van der Waals surface area contributed by atoms with Crippen LogP contribution in [0.5, 0.6) is 0 Å². The molecule has 90 valence electrons. The Morgan fingerprint density at radius 1 is 1.12 bits per heavy atom. The number of hydrogen-bond acceptors (Lipinski definition) is 3. The molecule has 0 aliphatic heterocycles. The van der Waals surface area contributed by atoms with Gasteiger partial charge >= 0.3 is 0 Å². The predicted octanol–water partition coefficient (Wildman–Crippen LogP) is 2.59. The summed E-state index contributed by atoms with van der Waals surface area (Å²) in [7, 11) is 1.71. The highest BCUT2D eigenvalue weighted by Gasteiger charge is 2.03. The third-order valence-electron chi connectivity index (χ3n) is 2.70. The minimum atomic E-state index is 0.436. The van der Waals surface area contributed by atoms with Crippen LogP contribution in [0, 0.1) is 0 Å². The smallest absolute Gasteiger partial charge is 0.134 e. The van der Waals surface area contributed by atoms with Gasteiger partial charge in [-0.3, -0.25) is 0 Å². The van der Waals surface area contributed by atoms with Crippen molar-refractivity contribution in [3.05, 3.63) is 47.7 Å². The molecule has 2 rings (SSSR count). The summed E-state index contributed by atoms with van der Waals surface area (Å²) in [6, 6.07) is 12.2. The van der Waals surface area contributed by atoms with E-state index in [0.717, 1.165) is 30.1 Å². The van der Waals surface area contributed by atoms with Gasteiger partial charge in [0, 0.05) is 12.7 Å². The van der Waals surface area contributed by atoms with Gasteiger partial charge in [-0.05, 0) is 24.1 Å². The number of nitrogens with two attached hydrogens (primary N) is 1. The summed E-state index contributed by atoms with van der Waals surface area (Å²) < 4.78 is 10.6. The standard InChI is InChI=1S/C14H17NO2/c1-16-9-8-11-2-4-12(5-3-11)14-7-6-13(10-15)17-14/h2-7H,8-10,15H2,1H3. The number of ether oxygens (including phenoxy) is 1. The van der Waals surface area contributed by atoms with Crippen molar-refractivity contribution in [3.63, 3.8) is 0 Å². The van der Waals surface area contributed by atoms with Crippen LogP contribution in [0.25, 0.3) is 11.3 Å². The second-order valence-electron chi connectivity index (χ2n) is 3.91. The van der Waals surface area contributed by atoms with Gasteiger partial charge in [0.05, 0.1) is 13.2 Å². The van der Waals surface area contributed by atoms with Crippen LogP contribution in [-0.4, -0.2) is 13.7 Å². The number of benzene rings is 1. The van der Waals surface area contributed by atoms with E-state index < -0.39 is 0 Å². The fourth-order valence-corrected chi connectivity index (χ4v) is 1.70. The van der Waals surface area contributed by atoms with E-state index >= 15 is 0 Å². The minimum Gasteiger partial charge on any atom is -0.460 e. The van der Waals surface area contributed by atoms with Crippen LogP contribution >= 0.6 is 0 Å². The molecular weight excluding hydrogens is 214 g/mol. The molecule has 1 aromatic carbocycles. The molecule has 0 aliphatic carbocycles. The van der Waals surface area contributed by atoms with E-state index in [0.29, 0.717) is 6.54 Å². The normalized spacial score (nSPS) is 10.7. The molecule has 0 atom stereocenters. The van der Waals surface area contributed by atoms with E-state index in [2.05, 4.69) is 24.3 Å². The summed E-state index contributed by atoms with van der Waals surface area (Å²) in [6.07, 6.45) is 0.934. The molecule has 3 nitrogen and oxygen atoms in total. The van der Waals surface area contributed by atoms with E-state index in [1.54, 1.807) is 7.11 Å². The highest BCUT2D eigenvalue weighted by Crippen LogP contribution is 2.22. The van der Waals surface area contributed by atoms with Gasteiger partial charge in [0.25, 0.3) is 0 Å². The molecule has 17 heavy (non-hydrogen) atoms. The fourth-order valence-electron chi connectivity index (χ4n) is 1.70. The Morgan fingerprint density at radius 3 is 2.47 bits per heavy atom. The Hall–Kier alpha value is -1.58. The first kappa shape index (κ1) is 11.9. The van der Waals surface area contributed by atoms with Crippen molar-refractivity contribution in [1.29, 1.82) is 0 Å². The molecule has 2 aromatic rings. The molecule has 0 radical (unpaired) electrons. The van der Waals surface area contributed by atoms with E-state index in [1.165, 1.54) is 5.56 Å². The second kappa shape index (κ2) is 5.66. The highest BCUT2D eigenvalue weighted by molar-refractivity contribution is 5.57. The fraction of sp³-hybridized carbons (Fsp3) is 0.286. The molecule has 1 aromatic heterocycles. The summed E-state index contributed by atoms with van der Waals surface area (Å²) in [5.41, 5.74) is 7.85. The van der Waals surface area contributed by atoms with Crippen molar-refractivity contribution in [2.45, 2.75) is 13.0 Å². The molecule has 0 amide bonds. The second-order valence-corrected chi connectivity index (χ2v) is 3.91. The van der Waals surface area contributed by atoms with Crippen LogP contribution in [0.2, 0.25) is 0 Å². The molecule has 0 saturated carbocycles. The van der Waals surface area contributed by atoms with Gasteiger partial charge in [-0.1, -0.05) is 24.3 Å². The topological polar surface area (TPSA) is 48.4 Å². The Kier molecular flexibility index (Phi) is 3.96. The van der Waals surface area contributed by atoms with Crippen LogP contribution < -0.4 is 5.73 Å². The minimum absolute atomic E-state index is 0.436. The summed E-state index contributed by atoms with van der Waals surface area (Å²) in [5, 5.41) is 0. The quantitative estimate of drug-likeness (QED) is 0.860. The molecule has 0 spiro atoms. The van der Waals surface area contributed by atoms with Crippen molar-refractivity contribution in [2.24, 2.45) is 5.73 Å². The number of furan rings is 1. The van der Waals surface area contributed by atoms with Crippen molar-refractivity contribution < 1.29 is 9.15 Å². The lowest BCUT2D eigenvalue weighted by Crippen LogP contribution is -1.93. The average molecular weight is 231 g/mol. The lowest BCUT2D eigenvalue weighted by atomic mass is 10.1. The molecule has 1 heterocycles. The Bertz CT molecular complexity index is 459. The van der Waals surface area contributed by atoms with Gasteiger partial charge in [-0.25, -0.2) is 0 Å². The van der Waals surface area contributed by atoms with E-state index in [-0.39, 0.29) is 0 Å². The van der Waals surface area contributed by atoms with Crippen LogP contribution in [0.1, 0.15) is 11.3 Å². The zero-order valence-electron chi connectivity index (χ0n) is 9.98. The number of methoxy groups -OCH3 is 1. The lowest BCUT2D eigenvalue weighted by Gasteiger charge is -2.02. The molecular formula is C14H17NO2. The number of hydrogen-bond donors (Lipinski definition) is 1. The number of rotatable bonds is 5. The molecule has 0 bridgehead atoms. The Balaban J connectivity index is 2.11. The van der Waals surface area contributed by atoms with Gasteiger partial charge in [0.1, 0.15) is 11.5 Å². The van der Waals surface area contributed by atoms with E-state index in [1.807, 2.05) is 12.1 Å². The SMILES string of the molecule is COCCc1ccc(-c2ccc(CN)o2)cc1. The van der Waals surface area contributed by atoms with Crippen molar-refractivity contribution in [2.75, 3.05) is 13.7 Å². The first-order valence-corrected chi connectivity index (χ1v) is 5.70. The molecule has 0 unspecified atom stereocenters. The Labute approximate surface area is 101 Å². The van der Waals surface area contributed by atoms with Crippen molar-refractivity contribution >= 4 is 0 Å². The summed E-state index contributed by atoms with van der Waals surface area (Å²) in [6.45, 7) is 1.18. The average Bonchev–Trinajstić information content (AvgIpc) is 2.86. The lowest BCUT2D eigenvalue weighted by molar-refractivity contribution is 0.202. The van der Waals surface area contributed by atoms with Crippen molar-refractivity contribution in [3.8, 4) is 11.3 Å². The first-order valence-electron chi connectivity index (χ1n) is 5.70. The largest absolute Gasteiger partial charge is 0.460 e. The van der Waals surface area contributed by atoms with Gasteiger partial charge in [-0.2, -0.15) is 0 Å². The van der Waals surface area contributed by atoms with Gasteiger partial charge in [0.15, 0.2) is 0 Å². The summed E-state index contributed by atoms with van der Waals surface area (Å²) in [5.74, 6) is 1.67. The maximum Gasteiger partial charge on any atom is 0.134 e. The van der Waals surface area contributed by atoms with Gasteiger partial charge in [-0.15, -0.1) is 0 Å². The van der Waals surface area contributed by atoms with Crippen LogP contribution in [-0.2, 0) is 17.7 Å². The van der Waals surface area contributed by atoms with E-state index in [4.69, 9.17) is 14.9 Å². The highest BCUT2D eigenvalue weighted by atomic mass is 16.5. The summed E-state index contributed by atoms with van der Waals surface area (Å²) >= 11 is 0. The van der Waals surface area contributed by atoms with Crippen LogP contribution in [0.3, 0.4) is 0 Å². The maximum absolute atomic E-state index is 5.59. The molecule has 0 aliphatic rings. The van der Waals surface area contributed by atoms with Crippen LogP contribution in [0.4, 0.5) is 0 Å². The Morgan fingerprint density at radius 2 is 1.88 bits per heavy atom. The van der Waals surface area contributed by atoms with E-state index in [9.17, 15) is 0 Å². The molecule has 0 fully saturated rings. The third-order valence-corrected chi connectivity index (χ3v) is 2.70. The van der Waals surface area contributed by atoms with Gasteiger partial charge in [0.2, 0.25) is 0 Å². The zero-order valence-corrected chi connectivity index (χ0v) is 9.98. The maximum atomic E-state index is 5.59. The first-order chi connectivity index (χ1) is 8.33. The van der Waals surface area contributed by atoms with Crippen LogP contribution in [0.15, 0.2) is 40.8 Å². The van der Waals surface area contributed by atoms with Gasteiger partial charge < -0.3 is 14.9 Å². The molecule has 3 heteroatoms. The third kappa shape index (κ3) is 2.96.